The summed E-state index contributed by atoms with van der Waals surface area (Å²) >= 11 is 0. The Labute approximate surface area is 96.0 Å². The minimum Gasteiger partial charge on any atom is -0.409 e. The SMILES string of the molecule is COCCN(CCC(N)=NO)C(=O)C(C)C. The van der Waals surface area contributed by atoms with Gasteiger partial charge < -0.3 is 20.6 Å². The van der Waals surface area contributed by atoms with Gasteiger partial charge in [0.25, 0.3) is 0 Å². The first-order valence-electron chi connectivity index (χ1n) is 5.27. The van der Waals surface area contributed by atoms with E-state index in [0.717, 1.165) is 0 Å². The first kappa shape index (κ1) is 14.7. The molecule has 0 aromatic rings. The van der Waals surface area contributed by atoms with Crippen LogP contribution in [-0.4, -0.2) is 48.7 Å². The van der Waals surface area contributed by atoms with E-state index >= 15 is 0 Å². The van der Waals surface area contributed by atoms with Gasteiger partial charge in [0.1, 0.15) is 5.84 Å². The molecular weight excluding hydrogens is 210 g/mol. The molecule has 0 fully saturated rings. The Bertz CT molecular complexity index is 241. The molecule has 0 unspecified atom stereocenters. The van der Waals surface area contributed by atoms with Gasteiger partial charge in [0.05, 0.1) is 6.61 Å². The zero-order valence-corrected chi connectivity index (χ0v) is 10.1. The minimum absolute atomic E-state index is 0.0442. The second-order valence-electron chi connectivity index (χ2n) is 3.81. The summed E-state index contributed by atoms with van der Waals surface area (Å²) in [6.07, 6.45) is 0.360. The van der Waals surface area contributed by atoms with Crippen LogP contribution < -0.4 is 5.73 Å². The Hall–Kier alpha value is -1.30. The highest BCUT2D eigenvalue weighted by Crippen LogP contribution is 2.02. The van der Waals surface area contributed by atoms with Crippen molar-refractivity contribution in [2.24, 2.45) is 16.8 Å². The molecular formula is C10H21N3O3. The van der Waals surface area contributed by atoms with E-state index in [1.807, 2.05) is 13.8 Å². The summed E-state index contributed by atoms with van der Waals surface area (Å²) in [5.41, 5.74) is 5.36. The Morgan fingerprint density at radius 3 is 2.56 bits per heavy atom. The standard InChI is InChI=1S/C10H21N3O3/c1-8(2)10(14)13(6-7-16-3)5-4-9(11)12-15/h8,15H,4-7H2,1-3H3,(H2,11,12). The molecule has 0 atom stereocenters. The zero-order chi connectivity index (χ0) is 12.6. The molecule has 0 aliphatic heterocycles. The first-order valence-corrected chi connectivity index (χ1v) is 5.27. The molecule has 3 N–H and O–H groups in total. The Balaban J connectivity index is 4.25. The second-order valence-corrected chi connectivity index (χ2v) is 3.81. The van der Waals surface area contributed by atoms with E-state index in [-0.39, 0.29) is 17.7 Å². The van der Waals surface area contributed by atoms with Crippen LogP contribution in [0.15, 0.2) is 5.16 Å². The van der Waals surface area contributed by atoms with Gasteiger partial charge in [0.2, 0.25) is 5.91 Å². The number of hydrogen-bond donors (Lipinski definition) is 2. The quantitative estimate of drug-likeness (QED) is 0.284. The molecule has 0 aliphatic carbocycles. The van der Waals surface area contributed by atoms with Crippen molar-refractivity contribution in [3.05, 3.63) is 0 Å². The summed E-state index contributed by atoms with van der Waals surface area (Å²) in [6.45, 7) is 5.12. The van der Waals surface area contributed by atoms with Gasteiger partial charge in [0.15, 0.2) is 0 Å². The van der Waals surface area contributed by atoms with Crippen molar-refractivity contribution in [3.8, 4) is 0 Å². The average Bonchev–Trinajstić information content (AvgIpc) is 2.27. The predicted molar refractivity (Wildman–Crippen MR) is 61.3 cm³/mol. The third-order valence-electron chi connectivity index (χ3n) is 2.14. The van der Waals surface area contributed by atoms with Crippen molar-refractivity contribution in [3.63, 3.8) is 0 Å². The smallest absolute Gasteiger partial charge is 0.225 e. The zero-order valence-electron chi connectivity index (χ0n) is 10.1. The largest absolute Gasteiger partial charge is 0.409 e. The molecule has 0 rings (SSSR count). The number of ether oxygens (including phenoxy) is 1. The van der Waals surface area contributed by atoms with Gasteiger partial charge >= 0.3 is 0 Å². The topological polar surface area (TPSA) is 88.2 Å². The van der Waals surface area contributed by atoms with Crippen molar-refractivity contribution in [2.45, 2.75) is 20.3 Å². The van der Waals surface area contributed by atoms with Crippen LogP contribution in [0.4, 0.5) is 0 Å². The molecule has 0 heterocycles. The summed E-state index contributed by atoms with van der Waals surface area (Å²) in [6, 6.07) is 0. The molecule has 16 heavy (non-hydrogen) atoms. The molecule has 0 aromatic carbocycles. The molecule has 0 aromatic heterocycles. The molecule has 0 spiro atoms. The molecule has 6 heteroatoms. The van der Waals surface area contributed by atoms with E-state index in [4.69, 9.17) is 15.7 Å². The number of methoxy groups -OCH3 is 1. The van der Waals surface area contributed by atoms with E-state index in [1.165, 1.54) is 0 Å². The maximum absolute atomic E-state index is 11.8. The fraction of sp³-hybridized carbons (Fsp3) is 0.800. The monoisotopic (exact) mass is 231 g/mol. The van der Waals surface area contributed by atoms with Gasteiger partial charge in [-0.25, -0.2) is 0 Å². The highest BCUT2D eigenvalue weighted by atomic mass is 16.5. The normalized spacial score (nSPS) is 11.9. The lowest BCUT2D eigenvalue weighted by Gasteiger charge is -2.23. The molecule has 94 valence electrons. The van der Waals surface area contributed by atoms with Crippen molar-refractivity contribution < 1.29 is 14.7 Å². The maximum Gasteiger partial charge on any atom is 0.225 e. The fourth-order valence-electron chi connectivity index (χ4n) is 1.20. The number of amidine groups is 1. The lowest BCUT2D eigenvalue weighted by atomic mass is 10.2. The third kappa shape index (κ3) is 5.55. The molecule has 6 nitrogen and oxygen atoms in total. The van der Waals surface area contributed by atoms with Gasteiger partial charge in [-0.1, -0.05) is 19.0 Å². The van der Waals surface area contributed by atoms with Crippen molar-refractivity contribution in [1.82, 2.24) is 4.90 Å². The summed E-state index contributed by atoms with van der Waals surface area (Å²) in [7, 11) is 1.58. The van der Waals surface area contributed by atoms with E-state index in [9.17, 15) is 4.79 Å². The lowest BCUT2D eigenvalue weighted by Crippen LogP contribution is -2.38. The summed E-state index contributed by atoms with van der Waals surface area (Å²) in [5.74, 6) is 0.103. The van der Waals surface area contributed by atoms with Crippen LogP contribution in [0.25, 0.3) is 0 Å². The summed E-state index contributed by atoms with van der Waals surface area (Å²) < 4.78 is 4.93. The number of carbonyl (C=O) groups excluding carboxylic acids is 1. The van der Waals surface area contributed by atoms with Crippen LogP contribution in [0.5, 0.6) is 0 Å². The highest BCUT2D eigenvalue weighted by Gasteiger charge is 2.16. The Morgan fingerprint density at radius 1 is 1.50 bits per heavy atom. The van der Waals surface area contributed by atoms with E-state index in [1.54, 1.807) is 12.0 Å². The summed E-state index contributed by atoms with van der Waals surface area (Å²) in [4.78, 5) is 13.4. The summed E-state index contributed by atoms with van der Waals surface area (Å²) in [5, 5.41) is 11.3. The molecule has 0 saturated carbocycles. The van der Waals surface area contributed by atoms with Crippen LogP contribution in [0, 0.1) is 5.92 Å². The number of oxime groups is 1. The number of rotatable bonds is 7. The number of nitrogens with zero attached hydrogens (tertiary/aromatic N) is 2. The minimum atomic E-state index is -0.0656. The van der Waals surface area contributed by atoms with Gasteiger partial charge in [0, 0.05) is 32.5 Å². The molecule has 0 saturated heterocycles. The van der Waals surface area contributed by atoms with Gasteiger partial charge in [-0.2, -0.15) is 0 Å². The van der Waals surface area contributed by atoms with Gasteiger partial charge in [-0.3, -0.25) is 4.79 Å². The van der Waals surface area contributed by atoms with Crippen molar-refractivity contribution in [2.75, 3.05) is 26.8 Å². The number of carbonyl (C=O) groups is 1. The van der Waals surface area contributed by atoms with E-state index < -0.39 is 0 Å². The van der Waals surface area contributed by atoms with Crippen molar-refractivity contribution in [1.29, 1.82) is 0 Å². The van der Waals surface area contributed by atoms with E-state index in [0.29, 0.717) is 26.1 Å². The number of amides is 1. The average molecular weight is 231 g/mol. The predicted octanol–water partition coefficient (Wildman–Crippen LogP) is 0.254. The second kappa shape index (κ2) is 7.92. The number of nitrogens with two attached hydrogens (primary N) is 1. The highest BCUT2D eigenvalue weighted by molar-refractivity contribution is 5.81. The molecule has 0 bridgehead atoms. The van der Waals surface area contributed by atoms with Crippen LogP contribution in [0.2, 0.25) is 0 Å². The maximum atomic E-state index is 11.8. The Morgan fingerprint density at radius 2 is 2.12 bits per heavy atom. The van der Waals surface area contributed by atoms with Crippen LogP contribution in [-0.2, 0) is 9.53 Å². The van der Waals surface area contributed by atoms with Gasteiger partial charge in [-0.05, 0) is 0 Å². The van der Waals surface area contributed by atoms with Gasteiger partial charge in [-0.15, -0.1) is 0 Å². The van der Waals surface area contributed by atoms with E-state index in [2.05, 4.69) is 5.16 Å². The molecule has 0 radical (unpaired) electrons. The Kier molecular flexibility index (Phi) is 7.28. The van der Waals surface area contributed by atoms with Crippen molar-refractivity contribution >= 4 is 11.7 Å². The number of hydrogen-bond acceptors (Lipinski definition) is 4. The fourth-order valence-corrected chi connectivity index (χ4v) is 1.20. The van der Waals surface area contributed by atoms with Crippen LogP contribution in [0.3, 0.4) is 0 Å². The molecule has 0 aliphatic rings. The van der Waals surface area contributed by atoms with Crippen LogP contribution in [0.1, 0.15) is 20.3 Å². The van der Waals surface area contributed by atoms with Crippen LogP contribution >= 0.6 is 0 Å². The molecule has 1 amide bonds. The lowest BCUT2D eigenvalue weighted by molar-refractivity contribution is -0.135. The third-order valence-corrected chi connectivity index (χ3v) is 2.14. The first-order chi connectivity index (χ1) is 7.52.